The van der Waals surface area contributed by atoms with Crippen LogP contribution in [0, 0.1) is 13.8 Å². The Kier molecular flexibility index (Phi) is 4.04. The highest BCUT2D eigenvalue weighted by molar-refractivity contribution is 6.03. The standard InChI is InChI=1S/C20H17N5O2/c1-12-7-6-10-15(13(12)2)21-19(27)16-11-17(26)25-20(22-16)23-18(24-25)14-8-4-3-5-9-14/h3-11H,1-2H3,(H,21,27)(H,22,23,24). The van der Waals surface area contributed by atoms with Gasteiger partial charge in [-0.3, -0.25) is 9.59 Å². The van der Waals surface area contributed by atoms with Gasteiger partial charge < -0.3 is 10.3 Å². The summed E-state index contributed by atoms with van der Waals surface area (Å²) in [4.78, 5) is 32.2. The Bertz CT molecular complexity index is 1210. The maximum absolute atomic E-state index is 12.6. The summed E-state index contributed by atoms with van der Waals surface area (Å²) in [5.41, 5.74) is 3.23. The largest absolute Gasteiger partial charge is 0.320 e. The number of nitrogens with one attached hydrogen (secondary N) is 2. The summed E-state index contributed by atoms with van der Waals surface area (Å²) < 4.78 is 1.15. The molecule has 0 spiro atoms. The lowest BCUT2D eigenvalue weighted by Crippen LogP contribution is -2.21. The van der Waals surface area contributed by atoms with Gasteiger partial charge in [0.15, 0.2) is 5.82 Å². The molecule has 0 saturated carbocycles. The van der Waals surface area contributed by atoms with Gasteiger partial charge in [-0.2, -0.15) is 9.50 Å². The third kappa shape index (κ3) is 3.10. The number of H-pyrrole nitrogens is 1. The van der Waals surface area contributed by atoms with Crippen molar-refractivity contribution >= 4 is 17.4 Å². The van der Waals surface area contributed by atoms with Crippen molar-refractivity contribution in [1.29, 1.82) is 0 Å². The van der Waals surface area contributed by atoms with Crippen LogP contribution in [0.1, 0.15) is 21.6 Å². The van der Waals surface area contributed by atoms with Crippen molar-refractivity contribution in [3.8, 4) is 11.4 Å². The number of amides is 1. The van der Waals surface area contributed by atoms with Crippen molar-refractivity contribution < 1.29 is 4.79 Å². The molecule has 4 aromatic rings. The highest BCUT2D eigenvalue weighted by Gasteiger charge is 2.14. The van der Waals surface area contributed by atoms with Gasteiger partial charge >= 0.3 is 0 Å². The Morgan fingerprint density at radius 3 is 2.63 bits per heavy atom. The zero-order chi connectivity index (χ0) is 19.0. The van der Waals surface area contributed by atoms with Crippen LogP contribution in [-0.4, -0.2) is 25.5 Å². The predicted molar refractivity (Wildman–Crippen MR) is 103 cm³/mol. The van der Waals surface area contributed by atoms with Crippen LogP contribution < -0.4 is 10.9 Å². The first kappa shape index (κ1) is 16.7. The first-order valence-electron chi connectivity index (χ1n) is 8.46. The van der Waals surface area contributed by atoms with Crippen molar-refractivity contribution in [2.75, 3.05) is 5.32 Å². The van der Waals surface area contributed by atoms with Crippen molar-refractivity contribution in [2.24, 2.45) is 0 Å². The normalized spacial score (nSPS) is 10.9. The molecule has 0 aliphatic heterocycles. The average Bonchev–Trinajstić information content (AvgIpc) is 3.11. The summed E-state index contributed by atoms with van der Waals surface area (Å²) in [5.74, 6) is 0.219. The molecule has 2 aromatic heterocycles. The number of carbonyl (C=O) groups is 1. The molecule has 0 radical (unpaired) electrons. The average molecular weight is 359 g/mol. The van der Waals surface area contributed by atoms with Gasteiger partial charge in [0.05, 0.1) is 0 Å². The zero-order valence-corrected chi connectivity index (χ0v) is 14.9. The van der Waals surface area contributed by atoms with Gasteiger partial charge in [0.2, 0.25) is 5.78 Å². The summed E-state index contributed by atoms with van der Waals surface area (Å²) in [6.45, 7) is 3.90. The Morgan fingerprint density at radius 1 is 1.07 bits per heavy atom. The number of aromatic amines is 1. The number of fused-ring (bicyclic) bond motifs is 1. The molecule has 134 valence electrons. The summed E-state index contributed by atoms with van der Waals surface area (Å²) in [6.07, 6.45) is 0. The molecular formula is C20H17N5O2. The van der Waals surface area contributed by atoms with Gasteiger partial charge in [0.1, 0.15) is 5.69 Å². The summed E-state index contributed by atoms with van der Waals surface area (Å²) in [7, 11) is 0. The van der Waals surface area contributed by atoms with Crippen LogP contribution in [0.2, 0.25) is 0 Å². The van der Waals surface area contributed by atoms with Crippen molar-refractivity contribution in [3.63, 3.8) is 0 Å². The van der Waals surface area contributed by atoms with Gasteiger partial charge in [-0.15, -0.1) is 5.10 Å². The van der Waals surface area contributed by atoms with Crippen molar-refractivity contribution in [2.45, 2.75) is 13.8 Å². The Hall–Kier alpha value is -3.74. The lowest BCUT2D eigenvalue weighted by Gasteiger charge is -2.10. The van der Waals surface area contributed by atoms with Crippen LogP contribution in [0.15, 0.2) is 59.4 Å². The monoisotopic (exact) mass is 359 g/mol. The molecule has 0 unspecified atom stereocenters. The molecule has 2 aromatic carbocycles. The van der Waals surface area contributed by atoms with E-state index < -0.39 is 11.5 Å². The van der Waals surface area contributed by atoms with Crippen LogP contribution in [0.4, 0.5) is 5.69 Å². The number of hydrogen-bond acceptors (Lipinski definition) is 4. The molecule has 0 atom stereocenters. The highest BCUT2D eigenvalue weighted by Crippen LogP contribution is 2.19. The minimum Gasteiger partial charge on any atom is -0.320 e. The predicted octanol–water partition coefficient (Wildman–Crippen LogP) is 2.95. The minimum absolute atomic E-state index is 0.125. The summed E-state index contributed by atoms with van der Waals surface area (Å²) in [5, 5.41) is 7.05. The van der Waals surface area contributed by atoms with E-state index in [4.69, 9.17) is 0 Å². The minimum atomic E-state index is -0.426. The summed E-state index contributed by atoms with van der Waals surface area (Å²) >= 11 is 0. The number of hydrogen-bond donors (Lipinski definition) is 2. The van der Waals surface area contributed by atoms with Crippen molar-refractivity contribution in [1.82, 2.24) is 19.6 Å². The fourth-order valence-electron chi connectivity index (χ4n) is 2.80. The molecule has 1 amide bonds. The molecule has 0 aliphatic carbocycles. The third-order valence-corrected chi connectivity index (χ3v) is 4.46. The number of aryl methyl sites for hydroxylation is 1. The fraction of sp³-hybridized carbons (Fsp3) is 0.100. The molecule has 4 rings (SSSR count). The Balaban J connectivity index is 1.71. The molecule has 2 heterocycles. The first-order valence-corrected chi connectivity index (χ1v) is 8.46. The van der Waals surface area contributed by atoms with Crippen LogP contribution in [0.25, 0.3) is 17.2 Å². The second kappa shape index (κ2) is 6.53. The molecule has 0 fully saturated rings. The number of benzene rings is 2. The molecular weight excluding hydrogens is 342 g/mol. The van der Waals surface area contributed by atoms with Gasteiger partial charge in [-0.25, -0.2) is 0 Å². The van der Waals surface area contributed by atoms with Gasteiger partial charge in [-0.1, -0.05) is 42.5 Å². The maximum atomic E-state index is 12.6. The van der Waals surface area contributed by atoms with Gasteiger partial charge in [0, 0.05) is 17.3 Å². The smallest absolute Gasteiger partial charge is 0.276 e. The number of carbonyl (C=O) groups excluding carboxylic acids is 1. The molecule has 7 heteroatoms. The van der Waals surface area contributed by atoms with E-state index in [-0.39, 0.29) is 11.5 Å². The van der Waals surface area contributed by atoms with Crippen LogP contribution in [0.5, 0.6) is 0 Å². The molecule has 2 N–H and O–H groups in total. The second-order valence-electron chi connectivity index (χ2n) is 6.26. The molecule has 0 saturated heterocycles. The topological polar surface area (TPSA) is 92.2 Å². The zero-order valence-electron chi connectivity index (χ0n) is 14.9. The van der Waals surface area contributed by atoms with E-state index >= 15 is 0 Å². The van der Waals surface area contributed by atoms with E-state index in [9.17, 15) is 9.59 Å². The Labute approximate surface area is 154 Å². The second-order valence-corrected chi connectivity index (χ2v) is 6.26. The van der Waals surface area contributed by atoms with Crippen LogP contribution in [0.3, 0.4) is 0 Å². The first-order chi connectivity index (χ1) is 13.0. The number of aromatic nitrogens is 4. The fourth-order valence-corrected chi connectivity index (χ4v) is 2.80. The van der Waals surface area contributed by atoms with E-state index in [1.54, 1.807) is 0 Å². The van der Waals surface area contributed by atoms with Crippen molar-refractivity contribution in [3.05, 3.63) is 81.8 Å². The Morgan fingerprint density at radius 2 is 1.85 bits per heavy atom. The third-order valence-electron chi connectivity index (χ3n) is 4.46. The summed E-state index contributed by atoms with van der Waals surface area (Å²) in [6, 6.07) is 16.2. The lowest BCUT2D eigenvalue weighted by atomic mass is 10.1. The van der Waals surface area contributed by atoms with E-state index in [0.717, 1.165) is 21.2 Å². The van der Waals surface area contributed by atoms with E-state index in [2.05, 4.69) is 20.4 Å². The molecule has 7 nitrogen and oxygen atoms in total. The number of rotatable bonds is 3. The lowest BCUT2D eigenvalue weighted by molar-refractivity contribution is 0.102. The van der Waals surface area contributed by atoms with Gasteiger partial charge in [0.25, 0.3) is 11.5 Å². The molecule has 0 aliphatic rings. The quantitative estimate of drug-likeness (QED) is 0.588. The number of anilines is 1. The molecule has 0 bridgehead atoms. The maximum Gasteiger partial charge on any atom is 0.276 e. The number of nitrogens with zero attached hydrogens (tertiary/aromatic N) is 3. The molecule has 27 heavy (non-hydrogen) atoms. The van der Waals surface area contributed by atoms with Gasteiger partial charge in [-0.05, 0) is 31.0 Å². The SMILES string of the molecule is Cc1cccc(NC(=O)c2cc(=O)n3nc(-c4ccccc4)nc3[nH]2)c1C. The van der Waals surface area contributed by atoms with E-state index in [1.165, 1.54) is 6.07 Å². The van der Waals surface area contributed by atoms with Crippen LogP contribution in [-0.2, 0) is 0 Å². The van der Waals surface area contributed by atoms with E-state index in [1.807, 2.05) is 62.4 Å². The van der Waals surface area contributed by atoms with E-state index in [0.29, 0.717) is 11.5 Å². The van der Waals surface area contributed by atoms with Crippen LogP contribution >= 0.6 is 0 Å². The highest BCUT2D eigenvalue weighted by atomic mass is 16.2.